The van der Waals surface area contributed by atoms with Crippen LogP contribution in [0, 0.1) is 5.92 Å². The van der Waals surface area contributed by atoms with Crippen molar-refractivity contribution >= 4 is 16.9 Å². The van der Waals surface area contributed by atoms with Gasteiger partial charge in [-0.1, -0.05) is 24.3 Å². The van der Waals surface area contributed by atoms with Crippen molar-refractivity contribution in [2.75, 3.05) is 13.2 Å². The fourth-order valence-electron chi connectivity index (χ4n) is 3.12. The summed E-state index contributed by atoms with van der Waals surface area (Å²) in [5.41, 5.74) is 3.61. The van der Waals surface area contributed by atoms with Gasteiger partial charge in [-0.05, 0) is 36.0 Å². The van der Waals surface area contributed by atoms with Gasteiger partial charge in [0.1, 0.15) is 0 Å². The number of pyridine rings is 1. The minimum Gasteiger partial charge on any atom is -0.381 e. The summed E-state index contributed by atoms with van der Waals surface area (Å²) in [6.07, 6.45) is 5.42. The highest BCUT2D eigenvalue weighted by molar-refractivity contribution is 5.96. The zero-order valence-electron chi connectivity index (χ0n) is 13.9. The number of ether oxygens (including phenoxy) is 1. The van der Waals surface area contributed by atoms with Crippen LogP contribution in [0.2, 0.25) is 0 Å². The van der Waals surface area contributed by atoms with Crippen molar-refractivity contribution in [1.29, 1.82) is 0 Å². The number of fused-ring (bicyclic) bond motifs is 1. The van der Waals surface area contributed by atoms with Gasteiger partial charge in [0.2, 0.25) is 0 Å². The third-order valence-electron chi connectivity index (χ3n) is 4.58. The number of hydrogen-bond acceptors (Lipinski definition) is 4. The smallest absolute Gasteiger partial charge is 0.253 e. The van der Waals surface area contributed by atoms with E-state index in [2.05, 4.69) is 44.8 Å². The topological polar surface area (TPSA) is 79.9 Å². The average Bonchev–Trinajstić information content (AvgIpc) is 3.31. The molecule has 1 aromatic carbocycles. The molecule has 1 amide bonds. The standard InChI is InChI=1S/C19H20N4O2/c24-19(17-8-16-11-22-23-18(16)20-10-17)21-9-14-3-1-13(2-4-14)7-15-5-6-25-12-15/h1-4,8,10-11,15H,5-7,9,12H2,(H,21,24)(H,20,22,23)/t15-/m0/s1. The van der Waals surface area contributed by atoms with E-state index >= 15 is 0 Å². The molecule has 25 heavy (non-hydrogen) atoms. The number of carbonyl (C=O) groups excluding carboxylic acids is 1. The summed E-state index contributed by atoms with van der Waals surface area (Å²) in [5.74, 6) is 0.499. The van der Waals surface area contributed by atoms with Crippen molar-refractivity contribution in [1.82, 2.24) is 20.5 Å². The molecule has 1 fully saturated rings. The van der Waals surface area contributed by atoms with Crippen LogP contribution in [-0.4, -0.2) is 34.3 Å². The third kappa shape index (κ3) is 3.69. The second-order valence-electron chi connectivity index (χ2n) is 6.46. The summed E-state index contributed by atoms with van der Waals surface area (Å²) in [6, 6.07) is 10.2. The minimum absolute atomic E-state index is 0.136. The summed E-state index contributed by atoms with van der Waals surface area (Å²) in [7, 11) is 0. The Bertz CT molecular complexity index is 867. The number of nitrogens with zero attached hydrogens (tertiary/aromatic N) is 2. The maximum Gasteiger partial charge on any atom is 0.253 e. The van der Waals surface area contributed by atoms with Crippen LogP contribution in [0.3, 0.4) is 0 Å². The van der Waals surface area contributed by atoms with E-state index in [1.54, 1.807) is 18.5 Å². The van der Waals surface area contributed by atoms with E-state index in [4.69, 9.17) is 4.74 Å². The fraction of sp³-hybridized carbons (Fsp3) is 0.316. The van der Waals surface area contributed by atoms with Gasteiger partial charge in [-0.3, -0.25) is 9.89 Å². The second kappa shape index (κ2) is 7.03. The van der Waals surface area contributed by atoms with Crippen LogP contribution in [0.5, 0.6) is 0 Å². The Kier molecular flexibility index (Phi) is 4.43. The first-order valence-electron chi connectivity index (χ1n) is 8.51. The van der Waals surface area contributed by atoms with Crippen LogP contribution in [0.1, 0.15) is 27.9 Å². The quantitative estimate of drug-likeness (QED) is 0.750. The number of aromatic amines is 1. The molecule has 0 spiro atoms. The number of hydrogen-bond donors (Lipinski definition) is 2. The molecule has 4 rings (SSSR count). The molecular formula is C19H20N4O2. The molecule has 1 aliphatic rings. The normalized spacial score (nSPS) is 17.0. The average molecular weight is 336 g/mol. The van der Waals surface area contributed by atoms with Crippen LogP contribution >= 0.6 is 0 Å². The summed E-state index contributed by atoms with van der Waals surface area (Å²) in [5, 5.41) is 10.4. The maximum atomic E-state index is 12.3. The van der Waals surface area contributed by atoms with E-state index in [9.17, 15) is 4.79 Å². The van der Waals surface area contributed by atoms with Crippen molar-refractivity contribution in [2.24, 2.45) is 5.92 Å². The number of nitrogens with one attached hydrogen (secondary N) is 2. The van der Waals surface area contributed by atoms with Crippen molar-refractivity contribution in [3.63, 3.8) is 0 Å². The second-order valence-corrected chi connectivity index (χ2v) is 6.46. The van der Waals surface area contributed by atoms with Crippen LogP contribution < -0.4 is 5.32 Å². The molecule has 0 bridgehead atoms. The molecular weight excluding hydrogens is 316 g/mol. The third-order valence-corrected chi connectivity index (χ3v) is 4.58. The van der Waals surface area contributed by atoms with Gasteiger partial charge >= 0.3 is 0 Å². The zero-order chi connectivity index (χ0) is 17.1. The Morgan fingerprint density at radius 3 is 2.88 bits per heavy atom. The number of H-pyrrole nitrogens is 1. The Labute approximate surface area is 145 Å². The highest BCUT2D eigenvalue weighted by Crippen LogP contribution is 2.18. The molecule has 0 radical (unpaired) electrons. The largest absolute Gasteiger partial charge is 0.381 e. The molecule has 0 aliphatic carbocycles. The lowest BCUT2D eigenvalue weighted by Gasteiger charge is -2.09. The first-order valence-corrected chi connectivity index (χ1v) is 8.51. The van der Waals surface area contributed by atoms with Crippen LogP contribution in [0.15, 0.2) is 42.7 Å². The molecule has 6 nitrogen and oxygen atoms in total. The highest BCUT2D eigenvalue weighted by Gasteiger charge is 2.15. The highest BCUT2D eigenvalue weighted by atomic mass is 16.5. The van der Waals surface area contributed by atoms with E-state index in [-0.39, 0.29) is 5.91 Å². The monoisotopic (exact) mass is 336 g/mol. The lowest BCUT2D eigenvalue weighted by molar-refractivity contribution is 0.0950. The van der Waals surface area contributed by atoms with E-state index in [0.29, 0.717) is 23.7 Å². The first kappa shape index (κ1) is 15.8. The van der Waals surface area contributed by atoms with Gasteiger partial charge < -0.3 is 10.1 Å². The first-order chi connectivity index (χ1) is 12.3. The molecule has 2 N–H and O–H groups in total. The van der Waals surface area contributed by atoms with Crippen LogP contribution in [0.25, 0.3) is 11.0 Å². The Morgan fingerprint density at radius 1 is 1.24 bits per heavy atom. The number of aromatic nitrogens is 3. The Hall–Kier alpha value is -2.73. The van der Waals surface area contributed by atoms with Gasteiger partial charge in [-0.25, -0.2) is 4.98 Å². The van der Waals surface area contributed by atoms with Gasteiger partial charge in [0.25, 0.3) is 5.91 Å². The van der Waals surface area contributed by atoms with E-state index in [1.807, 2.05) is 0 Å². The number of rotatable bonds is 5. The molecule has 0 unspecified atom stereocenters. The van der Waals surface area contributed by atoms with E-state index < -0.39 is 0 Å². The number of amides is 1. The van der Waals surface area contributed by atoms with Gasteiger partial charge in [0.05, 0.1) is 11.8 Å². The molecule has 3 heterocycles. The molecule has 2 aromatic heterocycles. The van der Waals surface area contributed by atoms with Crippen molar-refractivity contribution < 1.29 is 9.53 Å². The van der Waals surface area contributed by atoms with E-state index in [0.717, 1.165) is 37.0 Å². The fourth-order valence-corrected chi connectivity index (χ4v) is 3.12. The molecule has 6 heteroatoms. The lowest BCUT2D eigenvalue weighted by atomic mass is 9.98. The SMILES string of the molecule is O=C(NCc1ccc(C[C@@H]2CCOC2)cc1)c1cnc2[nH]ncc2c1. The Morgan fingerprint density at radius 2 is 2.08 bits per heavy atom. The van der Waals surface area contributed by atoms with E-state index in [1.165, 1.54) is 5.56 Å². The van der Waals surface area contributed by atoms with Crippen molar-refractivity contribution in [2.45, 2.75) is 19.4 Å². The molecule has 128 valence electrons. The zero-order valence-corrected chi connectivity index (χ0v) is 13.9. The minimum atomic E-state index is -0.136. The van der Waals surface area contributed by atoms with Crippen LogP contribution in [0.4, 0.5) is 0 Å². The predicted octanol–water partition coefficient (Wildman–Crippen LogP) is 2.47. The molecule has 0 saturated carbocycles. The van der Waals surface area contributed by atoms with Gasteiger partial charge in [0.15, 0.2) is 5.65 Å². The molecule has 1 atom stereocenters. The molecule has 1 saturated heterocycles. The molecule has 3 aromatic rings. The summed E-state index contributed by atoms with van der Waals surface area (Å²) >= 11 is 0. The maximum absolute atomic E-state index is 12.3. The van der Waals surface area contributed by atoms with Gasteiger partial charge in [-0.15, -0.1) is 0 Å². The molecule has 1 aliphatic heterocycles. The van der Waals surface area contributed by atoms with Gasteiger partial charge in [-0.2, -0.15) is 5.10 Å². The summed E-state index contributed by atoms with van der Waals surface area (Å²) in [4.78, 5) is 16.5. The van der Waals surface area contributed by atoms with Crippen molar-refractivity contribution in [3.8, 4) is 0 Å². The van der Waals surface area contributed by atoms with Crippen molar-refractivity contribution in [3.05, 3.63) is 59.4 Å². The van der Waals surface area contributed by atoms with Gasteiger partial charge in [0, 0.05) is 31.3 Å². The lowest BCUT2D eigenvalue weighted by Crippen LogP contribution is -2.22. The van der Waals surface area contributed by atoms with Crippen LogP contribution in [-0.2, 0) is 17.7 Å². The Balaban J connectivity index is 1.34. The number of benzene rings is 1. The summed E-state index contributed by atoms with van der Waals surface area (Å²) < 4.78 is 5.42. The predicted molar refractivity (Wildman–Crippen MR) is 94.1 cm³/mol. The number of carbonyl (C=O) groups is 1. The summed E-state index contributed by atoms with van der Waals surface area (Å²) in [6.45, 7) is 2.25.